The molecule has 3 aromatic rings. The van der Waals surface area contributed by atoms with Crippen molar-refractivity contribution >= 4 is 15.9 Å². The zero-order valence-electron chi connectivity index (χ0n) is 16.0. The molecule has 1 unspecified atom stereocenters. The molecule has 6 nitrogen and oxygen atoms in total. The molecule has 3 heterocycles. The number of rotatable bonds is 3. The van der Waals surface area contributed by atoms with Gasteiger partial charge in [-0.15, -0.1) is 10.2 Å². The lowest BCUT2D eigenvalue weighted by Gasteiger charge is -2.28. The van der Waals surface area contributed by atoms with Crippen LogP contribution in [0.25, 0.3) is 5.69 Å². The Morgan fingerprint density at radius 1 is 1.03 bits per heavy atom. The highest BCUT2D eigenvalue weighted by molar-refractivity contribution is 9.10. The molecule has 0 spiro atoms. The van der Waals surface area contributed by atoms with E-state index in [2.05, 4.69) is 47.8 Å². The number of halogens is 1. The molecular formula is C22H23BrN4O2. The molecule has 2 aromatic heterocycles. The van der Waals surface area contributed by atoms with Crippen LogP contribution in [0.5, 0.6) is 5.88 Å². The van der Waals surface area contributed by atoms with Gasteiger partial charge in [-0.2, -0.15) is 0 Å². The van der Waals surface area contributed by atoms with E-state index in [9.17, 15) is 5.11 Å². The third kappa shape index (κ3) is 3.81. The number of pyridine rings is 1. The van der Waals surface area contributed by atoms with Crippen LogP contribution < -0.4 is 4.74 Å². The Bertz CT molecular complexity index is 999. The third-order valence-electron chi connectivity index (χ3n) is 5.88. The van der Waals surface area contributed by atoms with Gasteiger partial charge in [-0.05, 0) is 55.5 Å². The molecule has 1 fully saturated rings. The van der Waals surface area contributed by atoms with Crippen LogP contribution in [-0.4, -0.2) is 37.1 Å². The number of hydrogen-bond donors (Lipinski definition) is 1. The fourth-order valence-electron chi connectivity index (χ4n) is 4.49. The molecule has 5 rings (SSSR count). The number of aliphatic hydroxyl groups excluding tert-OH is 1. The van der Waals surface area contributed by atoms with Gasteiger partial charge in [0, 0.05) is 35.5 Å². The Kier molecular flexibility index (Phi) is 5.09. The standard InChI is InChI=1S/C22H23BrN4O2/c23-16-6-9-19-15(11-16)12-17(28)13-20-25-26-22(27(19)20)14-4-7-18(8-5-14)29-21-3-1-2-10-24-21/h1-3,6,9-11,14,17-18,28H,4-5,7-8,12-13H2/t14-,17?,18-. The summed E-state index contributed by atoms with van der Waals surface area (Å²) in [7, 11) is 0. The summed E-state index contributed by atoms with van der Waals surface area (Å²) >= 11 is 3.55. The lowest BCUT2D eigenvalue weighted by atomic mass is 9.86. The van der Waals surface area contributed by atoms with Crippen LogP contribution in [0.3, 0.4) is 0 Å². The zero-order chi connectivity index (χ0) is 19.8. The van der Waals surface area contributed by atoms with Crippen molar-refractivity contribution in [3.05, 3.63) is 64.3 Å². The molecule has 0 amide bonds. The molecule has 1 atom stereocenters. The number of benzene rings is 1. The number of aromatic nitrogens is 4. The van der Waals surface area contributed by atoms with E-state index in [-0.39, 0.29) is 6.10 Å². The maximum atomic E-state index is 10.4. The molecule has 0 saturated heterocycles. The van der Waals surface area contributed by atoms with Gasteiger partial charge in [-0.3, -0.25) is 4.57 Å². The van der Waals surface area contributed by atoms with E-state index in [1.54, 1.807) is 6.20 Å². The van der Waals surface area contributed by atoms with Crippen molar-refractivity contribution in [3.63, 3.8) is 0 Å². The third-order valence-corrected chi connectivity index (χ3v) is 6.37. The molecule has 1 saturated carbocycles. The summed E-state index contributed by atoms with van der Waals surface area (Å²) in [4.78, 5) is 4.27. The summed E-state index contributed by atoms with van der Waals surface area (Å²) in [5.74, 6) is 2.89. The van der Waals surface area contributed by atoms with Crippen molar-refractivity contribution < 1.29 is 9.84 Å². The summed E-state index contributed by atoms with van der Waals surface area (Å²) in [6, 6.07) is 12.0. The van der Waals surface area contributed by atoms with Gasteiger partial charge in [0.2, 0.25) is 5.88 Å². The zero-order valence-corrected chi connectivity index (χ0v) is 17.6. The van der Waals surface area contributed by atoms with Gasteiger partial charge in [0.1, 0.15) is 17.8 Å². The highest BCUT2D eigenvalue weighted by Gasteiger charge is 2.31. The largest absolute Gasteiger partial charge is 0.474 e. The van der Waals surface area contributed by atoms with Crippen molar-refractivity contribution in [2.24, 2.45) is 0 Å². The number of fused-ring (bicyclic) bond motifs is 3. The van der Waals surface area contributed by atoms with Gasteiger partial charge >= 0.3 is 0 Å². The van der Waals surface area contributed by atoms with Crippen molar-refractivity contribution in [2.45, 2.75) is 56.7 Å². The lowest BCUT2D eigenvalue weighted by Crippen LogP contribution is -2.25. The molecule has 1 aliphatic carbocycles. The molecule has 1 aromatic carbocycles. The topological polar surface area (TPSA) is 73.1 Å². The Morgan fingerprint density at radius 2 is 1.90 bits per heavy atom. The first kappa shape index (κ1) is 18.8. The summed E-state index contributed by atoms with van der Waals surface area (Å²) in [6.07, 6.45) is 6.62. The summed E-state index contributed by atoms with van der Waals surface area (Å²) < 4.78 is 9.25. The van der Waals surface area contributed by atoms with Crippen LogP contribution >= 0.6 is 15.9 Å². The molecule has 7 heteroatoms. The van der Waals surface area contributed by atoms with Crippen molar-refractivity contribution in [2.75, 3.05) is 0 Å². The molecule has 150 valence electrons. The normalized spacial score (nSPS) is 23.7. The molecule has 1 aliphatic heterocycles. The average molecular weight is 455 g/mol. The van der Waals surface area contributed by atoms with Crippen LogP contribution in [0.1, 0.15) is 48.8 Å². The second kappa shape index (κ2) is 7.88. The van der Waals surface area contributed by atoms with Crippen molar-refractivity contribution in [1.82, 2.24) is 19.7 Å². The van der Waals surface area contributed by atoms with E-state index in [4.69, 9.17) is 4.74 Å². The number of nitrogens with zero attached hydrogens (tertiary/aromatic N) is 4. The van der Waals surface area contributed by atoms with Gasteiger partial charge in [0.15, 0.2) is 0 Å². The summed E-state index contributed by atoms with van der Waals surface area (Å²) in [5, 5.41) is 19.5. The van der Waals surface area contributed by atoms with Crippen LogP contribution in [-0.2, 0) is 12.8 Å². The van der Waals surface area contributed by atoms with Crippen LogP contribution in [0.4, 0.5) is 0 Å². The fourth-order valence-corrected chi connectivity index (χ4v) is 4.90. The van der Waals surface area contributed by atoms with Crippen LogP contribution in [0.2, 0.25) is 0 Å². The Morgan fingerprint density at radius 3 is 2.69 bits per heavy atom. The first-order valence-corrected chi connectivity index (χ1v) is 11.0. The minimum Gasteiger partial charge on any atom is -0.474 e. The Labute approximate surface area is 178 Å². The Hall–Kier alpha value is -2.25. The van der Waals surface area contributed by atoms with E-state index in [1.807, 2.05) is 24.3 Å². The van der Waals surface area contributed by atoms with E-state index in [0.717, 1.165) is 53.1 Å². The number of hydrogen-bond acceptors (Lipinski definition) is 5. The smallest absolute Gasteiger partial charge is 0.213 e. The second-order valence-electron chi connectivity index (χ2n) is 7.90. The molecule has 0 bridgehead atoms. The maximum absolute atomic E-state index is 10.4. The van der Waals surface area contributed by atoms with Crippen LogP contribution in [0, 0.1) is 0 Å². The predicted octanol–water partition coefficient (Wildman–Crippen LogP) is 3.99. The van der Waals surface area contributed by atoms with E-state index < -0.39 is 6.10 Å². The molecule has 29 heavy (non-hydrogen) atoms. The van der Waals surface area contributed by atoms with Crippen molar-refractivity contribution in [3.8, 4) is 11.6 Å². The van der Waals surface area contributed by atoms with Crippen LogP contribution in [0.15, 0.2) is 47.1 Å². The van der Waals surface area contributed by atoms with Gasteiger partial charge < -0.3 is 9.84 Å². The highest BCUT2D eigenvalue weighted by Crippen LogP contribution is 2.36. The minimum absolute atomic E-state index is 0.192. The summed E-state index contributed by atoms with van der Waals surface area (Å²) in [5.41, 5.74) is 2.21. The first-order chi connectivity index (χ1) is 14.2. The predicted molar refractivity (Wildman–Crippen MR) is 112 cm³/mol. The quantitative estimate of drug-likeness (QED) is 0.647. The van der Waals surface area contributed by atoms with Gasteiger partial charge in [-0.25, -0.2) is 4.98 Å². The second-order valence-corrected chi connectivity index (χ2v) is 8.82. The maximum Gasteiger partial charge on any atom is 0.213 e. The number of ether oxygens (including phenoxy) is 1. The summed E-state index contributed by atoms with van der Waals surface area (Å²) in [6.45, 7) is 0. The van der Waals surface area contributed by atoms with Crippen molar-refractivity contribution in [1.29, 1.82) is 0 Å². The minimum atomic E-state index is -0.441. The number of aliphatic hydroxyl groups is 1. The SMILES string of the molecule is OC1Cc2cc(Br)ccc2-n2c(nnc2[C@H]2CC[C@H](Oc3ccccn3)CC2)C1. The van der Waals surface area contributed by atoms with Gasteiger partial charge in [-0.1, -0.05) is 22.0 Å². The molecular weight excluding hydrogens is 432 g/mol. The molecule has 1 N–H and O–H groups in total. The monoisotopic (exact) mass is 454 g/mol. The van der Waals surface area contributed by atoms with E-state index >= 15 is 0 Å². The van der Waals surface area contributed by atoms with E-state index in [0.29, 0.717) is 24.6 Å². The van der Waals surface area contributed by atoms with Gasteiger partial charge in [0.05, 0.1) is 11.8 Å². The average Bonchev–Trinajstić information content (AvgIpc) is 3.06. The highest BCUT2D eigenvalue weighted by atomic mass is 79.9. The first-order valence-electron chi connectivity index (χ1n) is 10.2. The fraction of sp³-hybridized carbons (Fsp3) is 0.409. The Balaban J connectivity index is 1.38. The van der Waals surface area contributed by atoms with Gasteiger partial charge in [0.25, 0.3) is 0 Å². The van der Waals surface area contributed by atoms with E-state index in [1.165, 1.54) is 0 Å². The lowest BCUT2D eigenvalue weighted by molar-refractivity contribution is 0.139. The molecule has 2 aliphatic rings. The molecule has 0 radical (unpaired) electrons.